The van der Waals surface area contributed by atoms with Crippen LogP contribution in [0.5, 0.6) is 0 Å². The summed E-state index contributed by atoms with van der Waals surface area (Å²) in [7, 11) is -3.52. The molecule has 0 aromatic heterocycles. The predicted molar refractivity (Wildman–Crippen MR) is 84.9 cm³/mol. The number of benzene rings is 1. The Bertz CT molecular complexity index is 595. The Labute approximate surface area is 128 Å². The van der Waals surface area contributed by atoms with Crippen molar-refractivity contribution in [3.05, 3.63) is 35.3 Å². The van der Waals surface area contributed by atoms with E-state index in [0.717, 1.165) is 25.7 Å². The minimum atomic E-state index is -3.52. The first-order valence-corrected chi connectivity index (χ1v) is 8.88. The van der Waals surface area contributed by atoms with Gasteiger partial charge in [-0.1, -0.05) is 18.9 Å². The highest BCUT2D eigenvalue weighted by molar-refractivity contribution is 9.10. The standard InChI is InChI=1S/C14H19BrN2O2S/c1-2-9-17(11-5-3-4-6-11)20(18,19)12-7-8-13(15)14(16)10-12/h2,7-8,10-11H,1,3-6,9,16H2. The number of hydrogen-bond donors (Lipinski definition) is 1. The van der Waals surface area contributed by atoms with Gasteiger partial charge in [0.05, 0.1) is 4.90 Å². The van der Waals surface area contributed by atoms with E-state index in [1.807, 2.05) is 0 Å². The Kier molecular flexibility index (Phi) is 4.88. The highest BCUT2D eigenvalue weighted by Gasteiger charge is 2.32. The highest BCUT2D eigenvalue weighted by Crippen LogP contribution is 2.30. The Hall–Kier alpha value is -0.850. The number of rotatable bonds is 5. The first-order valence-electron chi connectivity index (χ1n) is 6.64. The molecule has 0 spiro atoms. The molecule has 1 aliphatic rings. The van der Waals surface area contributed by atoms with Crippen LogP contribution >= 0.6 is 15.9 Å². The maximum atomic E-state index is 12.8. The Morgan fingerprint density at radius 1 is 1.40 bits per heavy atom. The van der Waals surface area contributed by atoms with Gasteiger partial charge in [0.1, 0.15) is 0 Å². The molecular weight excluding hydrogens is 340 g/mol. The highest BCUT2D eigenvalue weighted by atomic mass is 79.9. The van der Waals surface area contributed by atoms with Crippen LogP contribution in [0, 0.1) is 0 Å². The zero-order valence-corrected chi connectivity index (χ0v) is 13.7. The van der Waals surface area contributed by atoms with Crippen LogP contribution in [0.15, 0.2) is 40.2 Å². The van der Waals surface area contributed by atoms with E-state index in [0.29, 0.717) is 16.7 Å². The van der Waals surface area contributed by atoms with Gasteiger partial charge in [-0.15, -0.1) is 6.58 Å². The summed E-state index contributed by atoms with van der Waals surface area (Å²) in [5.74, 6) is 0. The second-order valence-electron chi connectivity index (χ2n) is 4.98. The molecule has 2 N–H and O–H groups in total. The molecule has 0 saturated heterocycles. The fourth-order valence-electron chi connectivity index (χ4n) is 2.58. The summed E-state index contributed by atoms with van der Waals surface area (Å²) in [6.07, 6.45) is 5.63. The largest absolute Gasteiger partial charge is 0.398 e. The van der Waals surface area contributed by atoms with Gasteiger partial charge >= 0.3 is 0 Å². The number of sulfonamides is 1. The van der Waals surface area contributed by atoms with E-state index in [4.69, 9.17) is 5.73 Å². The van der Waals surface area contributed by atoms with Gasteiger partial charge in [0.15, 0.2) is 0 Å². The maximum Gasteiger partial charge on any atom is 0.243 e. The molecule has 1 aromatic rings. The summed E-state index contributed by atoms with van der Waals surface area (Å²) in [5, 5.41) is 0. The molecule has 0 unspecified atom stereocenters. The van der Waals surface area contributed by atoms with E-state index in [2.05, 4.69) is 22.5 Å². The smallest absolute Gasteiger partial charge is 0.243 e. The van der Waals surface area contributed by atoms with Crippen molar-refractivity contribution in [3.63, 3.8) is 0 Å². The second-order valence-corrected chi connectivity index (χ2v) is 7.73. The zero-order chi connectivity index (χ0) is 14.8. The number of anilines is 1. The molecule has 0 bridgehead atoms. The van der Waals surface area contributed by atoms with E-state index < -0.39 is 10.0 Å². The molecule has 0 amide bonds. The maximum absolute atomic E-state index is 12.8. The Morgan fingerprint density at radius 3 is 2.60 bits per heavy atom. The topological polar surface area (TPSA) is 63.4 Å². The molecule has 0 heterocycles. The van der Waals surface area contributed by atoms with Gasteiger partial charge in [0.25, 0.3) is 0 Å². The summed E-state index contributed by atoms with van der Waals surface area (Å²) in [6, 6.07) is 4.83. The minimum Gasteiger partial charge on any atom is -0.398 e. The van der Waals surface area contributed by atoms with E-state index in [-0.39, 0.29) is 10.9 Å². The Balaban J connectivity index is 2.38. The van der Waals surface area contributed by atoms with Gasteiger partial charge in [-0.3, -0.25) is 0 Å². The van der Waals surface area contributed by atoms with Crippen molar-refractivity contribution in [1.29, 1.82) is 0 Å². The van der Waals surface area contributed by atoms with E-state index in [1.165, 1.54) is 6.07 Å². The van der Waals surface area contributed by atoms with Gasteiger partial charge in [-0.25, -0.2) is 8.42 Å². The summed E-state index contributed by atoms with van der Waals surface area (Å²) in [5.41, 5.74) is 6.22. The summed E-state index contributed by atoms with van der Waals surface area (Å²) >= 11 is 3.28. The molecule has 4 nitrogen and oxygen atoms in total. The van der Waals surface area contributed by atoms with Crippen LogP contribution in [0.25, 0.3) is 0 Å². The van der Waals surface area contributed by atoms with Crippen LogP contribution in [0.3, 0.4) is 0 Å². The molecule has 0 atom stereocenters. The molecule has 6 heteroatoms. The summed E-state index contributed by atoms with van der Waals surface area (Å²) in [4.78, 5) is 0.243. The molecule has 1 aliphatic carbocycles. The van der Waals surface area contributed by atoms with Gasteiger partial charge in [-0.05, 0) is 47.0 Å². The van der Waals surface area contributed by atoms with Crippen molar-refractivity contribution in [2.24, 2.45) is 0 Å². The fraction of sp³-hybridized carbons (Fsp3) is 0.429. The number of hydrogen-bond acceptors (Lipinski definition) is 3. The third kappa shape index (κ3) is 3.07. The number of nitrogen functional groups attached to an aromatic ring is 1. The van der Waals surface area contributed by atoms with Gasteiger partial charge in [0.2, 0.25) is 10.0 Å². The van der Waals surface area contributed by atoms with Crippen LogP contribution in [0.1, 0.15) is 25.7 Å². The molecule has 1 aromatic carbocycles. The summed E-state index contributed by atoms with van der Waals surface area (Å²) in [6.45, 7) is 4.01. The average molecular weight is 359 g/mol. The van der Waals surface area contributed by atoms with Gasteiger partial charge in [-0.2, -0.15) is 4.31 Å². The average Bonchev–Trinajstić information content (AvgIpc) is 2.92. The first-order chi connectivity index (χ1) is 9.46. The SMILES string of the molecule is C=CCN(C1CCCC1)S(=O)(=O)c1ccc(Br)c(N)c1. The normalized spacial score (nSPS) is 16.7. The van der Waals surface area contributed by atoms with E-state index in [1.54, 1.807) is 22.5 Å². The monoisotopic (exact) mass is 358 g/mol. The molecule has 110 valence electrons. The lowest BCUT2D eigenvalue weighted by Gasteiger charge is -2.27. The third-order valence-electron chi connectivity index (χ3n) is 3.62. The van der Waals surface area contributed by atoms with E-state index >= 15 is 0 Å². The quantitative estimate of drug-likeness (QED) is 0.649. The van der Waals surface area contributed by atoms with Crippen LogP contribution in [-0.4, -0.2) is 25.3 Å². The van der Waals surface area contributed by atoms with Crippen molar-refractivity contribution in [3.8, 4) is 0 Å². The number of halogens is 1. The number of nitrogens with two attached hydrogens (primary N) is 1. The second kappa shape index (κ2) is 6.28. The predicted octanol–water partition coefficient (Wildman–Crippen LogP) is 3.15. The fourth-order valence-corrected chi connectivity index (χ4v) is 4.52. The molecule has 0 aliphatic heterocycles. The first kappa shape index (κ1) is 15.5. The van der Waals surface area contributed by atoms with Gasteiger partial charge in [0, 0.05) is 22.7 Å². The molecule has 0 radical (unpaired) electrons. The summed E-state index contributed by atoms with van der Waals surface area (Å²) < 4.78 is 27.8. The Morgan fingerprint density at radius 2 is 2.05 bits per heavy atom. The van der Waals surface area contributed by atoms with Gasteiger partial charge < -0.3 is 5.73 Å². The lowest BCUT2D eigenvalue weighted by molar-refractivity contribution is 0.347. The molecule has 2 rings (SSSR count). The van der Waals surface area contributed by atoms with Crippen molar-refractivity contribution in [1.82, 2.24) is 4.31 Å². The van der Waals surface area contributed by atoms with Crippen LogP contribution in [-0.2, 0) is 10.0 Å². The third-order valence-corrected chi connectivity index (χ3v) is 6.25. The van der Waals surface area contributed by atoms with E-state index in [9.17, 15) is 8.42 Å². The molecule has 1 fully saturated rings. The molecule has 1 saturated carbocycles. The van der Waals surface area contributed by atoms with Crippen LogP contribution in [0.4, 0.5) is 5.69 Å². The van der Waals surface area contributed by atoms with Crippen molar-refractivity contribution in [2.45, 2.75) is 36.6 Å². The number of nitrogens with zero attached hydrogens (tertiary/aromatic N) is 1. The lowest BCUT2D eigenvalue weighted by atomic mass is 10.2. The van der Waals surface area contributed by atoms with Crippen molar-refractivity contribution < 1.29 is 8.42 Å². The van der Waals surface area contributed by atoms with Crippen LogP contribution < -0.4 is 5.73 Å². The zero-order valence-electron chi connectivity index (χ0n) is 11.3. The molecule has 20 heavy (non-hydrogen) atoms. The lowest BCUT2D eigenvalue weighted by Crippen LogP contribution is -2.38. The van der Waals surface area contributed by atoms with Crippen LogP contribution in [0.2, 0.25) is 0 Å². The molecular formula is C14H19BrN2O2S. The van der Waals surface area contributed by atoms with Crippen molar-refractivity contribution >= 4 is 31.6 Å². The minimum absolute atomic E-state index is 0.0721. The van der Waals surface area contributed by atoms with Crippen molar-refractivity contribution in [2.75, 3.05) is 12.3 Å².